The number of carbonyl (C=O) groups is 3. The van der Waals surface area contributed by atoms with Gasteiger partial charge in [-0.25, -0.2) is 4.39 Å². The highest BCUT2D eigenvalue weighted by molar-refractivity contribution is 5.98. The first-order valence-electron chi connectivity index (χ1n) is 12.2. The molecule has 0 aromatic heterocycles. The summed E-state index contributed by atoms with van der Waals surface area (Å²) < 4.78 is 13.2. The smallest absolute Gasteiger partial charge is 0.253 e. The fourth-order valence-corrected chi connectivity index (χ4v) is 4.85. The Morgan fingerprint density at radius 2 is 1.62 bits per heavy atom. The lowest BCUT2D eigenvalue weighted by atomic mass is 9.95. The van der Waals surface area contributed by atoms with Crippen molar-refractivity contribution in [3.8, 4) is 0 Å². The molecule has 180 valence electrons. The summed E-state index contributed by atoms with van der Waals surface area (Å²) in [5.74, 6) is -1.12. The predicted octanol–water partition coefficient (Wildman–Crippen LogP) is 4.69. The van der Waals surface area contributed by atoms with E-state index in [4.69, 9.17) is 0 Å². The average Bonchev–Trinajstić information content (AvgIpc) is 2.86. The Morgan fingerprint density at radius 3 is 2.32 bits per heavy atom. The van der Waals surface area contributed by atoms with Gasteiger partial charge in [0.25, 0.3) is 11.8 Å². The van der Waals surface area contributed by atoms with Gasteiger partial charge in [-0.3, -0.25) is 14.4 Å². The minimum absolute atomic E-state index is 0.0740. The summed E-state index contributed by atoms with van der Waals surface area (Å²) in [6.45, 7) is 2.77. The van der Waals surface area contributed by atoms with Crippen molar-refractivity contribution in [3.05, 3.63) is 65.0 Å². The lowest BCUT2D eigenvalue weighted by molar-refractivity contribution is -0.121. The molecule has 0 radical (unpaired) electrons. The maximum Gasteiger partial charge on any atom is 0.253 e. The maximum absolute atomic E-state index is 13.2. The molecule has 1 aliphatic carbocycles. The normalized spacial score (nSPS) is 18.9. The molecule has 0 spiro atoms. The van der Waals surface area contributed by atoms with Crippen LogP contribution in [-0.4, -0.2) is 41.8 Å². The van der Waals surface area contributed by atoms with Gasteiger partial charge >= 0.3 is 0 Å². The van der Waals surface area contributed by atoms with Crippen molar-refractivity contribution in [1.82, 2.24) is 10.2 Å². The number of hydrogen-bond donors (Lipinski definition) is 2. The zero-order chi connectivity index (χ0) is 24.1. The van der Waals surface area contributed by atoms with Gasteiger partial charge in [-0.2, -0.15) is 0 Å². The van der Waals surface area contributed by atoms with Crippen LogP contribution < -0.4 is 10.6 Å². The minimum atomic E-state index is -0.389. The fraction of sp³-hybridized carbons (Fsp3) is 0.444. The van der Waals surface area contributed by atoms with Crippen LogP contribution in [0.15, 0.2) is 42.5 Å². The van der Waals surface area contributed by atoms with Crippen LogP contribution in [0, 0.1) is 18.7 Å². The monoisotopic (exact) mass is 465 g/mol. The zero-order valence-electron chi connectivity index (χ0n) is 19.6. The van der Waals surface area contributed by atoms with Gasteiger partial charge in [0.2, 0.25) is 5.91 Å². The second-order valence-electron chi connectivity index (χ2n) is 9.42. The highest BCUT2D eigenvalue weighted by atomic mass is 19.1. The molecule has 2 aromatic carbocycles. The Bertz CT molecular complexity index is 1050. The van der Waals surface area contributed by atoms with Crippen LogP contribution >= 0.6 is 0 Å². The number of nitrogens with zero attached hydrogens (tertiary/aromatic N) is 1. The molecule has 2 N–H and O–H groups in total. The number of anilines is 1. The van der Waals surface area contributed by atoms with Crippen LogP contribution in [0.2, 0.25) is 0 Å². The van der Waals surface area contributed by atoms with Crippen molar-refractivity contribution in [2.24, 2.45) is 5.92 Å². The lowest BCUT2D eigenvalue weighted by Crippen LogP contribution is -2.43. The van der Waals surface area contributed by atoms with E-state index in [0.717, 1.165) is 37.7 Å². The molecular weight excluding hydrogens is 433 g/mol. The zero-order valence-corrected chi connectivity index (χ0v) is 19.6. The maximum atomic E-state index is 13.2. The van der Waals surface area contributed by atoms with Crippen LogP contribution in [0.5, 0.6) is 0 Å². The van der Waals surface area contributed by atoms with Gasteiger partial charge in [-0.1, -0.05) is 19.3 Å². The third kappa shape index (κ3) is 5.82. The molecule has 4 rings (SSSR count). The number of halogens is 1. The van der Waals surface area contributed by atoms with E-state index in [2.05, 4.69) is 10.6 Å². The number of carbonyl (C=O) groups excluding carboxylic acids is 3. The number of likely N-dealkylation sites (tertiary alicyclic amines) is 1. The highest BCUT2D eigenvalue weighted by Gasteiger charge is 2.29. The molecule has 7 heteroatoms. The van der Waals surface area contributed by atoms with E-state index >= 15 is 0 Å². The van der Waals surface area contributed by atoms with Crippen molar-refractivity contribution in [1.29, 1.82) is 0 Å². The Balaban J connectivity index is 1.35. The summed E-state index contributed by atoms with van der Waals surface area (Å²) in [6, 6.07) is 11.0. The number of aryl methyl sites for hydroxylation is 1. The second-order valence-corrected chi connectivity index (χ2v) is 9.42. The van der Waals surface area contributed by atoms with Gasteiger partial charge in [0, 0.05) is 35.9 Å². The molecule has 34 heavy (non-hydrogen) atoms. The Kier molecular flexibility index (Phi) is 7.60. The average molecular weight is 466 g/mol. The van der Waals surface area contributed by atoms with E-state index in [1.54, 1.807) is 23.1 Å². The van der Waals surface area contributed by atoms with E-state index in [1.807, 2.05) is 6.92 Å². The largest absolute Gasteiger partial charge is 0.349 e. The van der Waals surface area contributed by atoms with E-state index in [0.29, 0.717) is 36.3 Å². The molecule has 0 bridgehead atoms. The summed E-state index contributed by atoms with van der Waals surface area (Å²) in [6.07, 6.45) is 7.02. The van der Waals surface area contributed by atoms with Gasteiger partial charge in [-0.15, -0.1) is 0 Å². The minimum Gasteiger partial charge on any atom is -0.349 e. The first-order chi connectivity index (χ1) is 16.4. The van der Waals surface area contributed by atoms with Gasteiger partial charge in [0.1, 0.15) is 5.82 Å². The fourth-order valence-electron chi connectivity index (χ4n) is 4.85. The van der Waals surface area contributed by atoms with Gasteiger partial charge in [0.05, 0.1) is 5.92 Å². The molecule has 1 unspecified atom stereocenters. The van der Waals surface area contributed by atoms with Crippen molar-refractivity contribution < 1.29 is 18.8 Å². The third-order valence-corrected chi connectivity index (χ3v) is 6.86. The Labute approximate surface area is 199 Å². The predicted molar refractivity (Wildman–Crippen MR) is 129 cm³/mol. The summed E-state index contributed by atoms with van der Waals surface area (Å²) in [4.78, 5) is 40.0. The van der Waals surface area contributed by atoms with Crippen molar-refractivity contribution in [2.45, 2.75) is 57.9 Å². The molecule has 1 saturated carbocycles. The van der Waals surface area contributed by atoms with E-state index in [1.165, 1.54) is 30.7 Å². The lowest BCUT2D eigenvalue weighted by Gasteiger charge is -2.32. The SMILES string of the molecule is Cc1cc(C(=O)NC2CCCCC2)ccc1NC(=O)C1CCCN(C(=O)c2ccc(F)cc2)C1. The summed E-state index contributed by atoms with van der Waals surface area (Å²) >= 11 is 0. The molecule has 1 aliphatic heterocycles. The molecule has 2 aromatic rings. The van der Waals surface area contributed by atoms with Crippen molar-refractivity contribution >= 4 is 23.4 Å². The summed E-state index contributed by atoms with van der Waals surface area (Å²) in [7, 11) is 0. The quantitative estimate of drug-likeness (QED) is 0.673. The van der Waals surface area contributed by atoms with Gasteiger partial charge in [-0.05, 0) is 80.6 Å². The number of benzene rings is 2. The molecular formula is C27H32FN3O3. The van der Waals surface area contributed by atoms with E-state index in [-0.39, 0.29) is 35.5 Å². The number of nitrogens with one attached hydrogen (secondary N) is 2. The molecule has 3 amide bonds. The van der Waals surface area contributed by atoms with Crippen molar-refractivity contribution in [2.75, 3.05) is 18.4 Å². The molecule has 1 saturated heterocycles. The van der Waals surface area contributed by atoms with Crippen LogP contribution in [0.1, 0.15) is 71.2 Å². The summed E-state index contributed by atoms with van der Waals surface area (Å²) in [5, 5.41) is 6.10. The van der Waals surface area contributed by atoms with Crippen LogP contribution in [0.4, 0.5) is 10.1 Å². The third-order valence-electron chi connectivity index (χ3n) is 6.86. The van der Waals surface area contributed by atoms with Crippen LogP contribution in [0.25, 0.3) is 0 Å². The van der Waals surface area contributed by atoms with E-state index in [9.17, 15) is 18.8 Å². The standard InChI is InChI=1S/C27H32FN3O3/c1-18-16-20(25(32)29-23-7-3-2-4-8-23)11-14-24(18)30-26(33)21-6-5-15-31(17-21)27(34)19-9-12-22(28)13-10-19/h9-14,16,21,23H,2-8,15,17H2,1H3,(H,29,32)(H,30,33). The highest BCUT2D eigenvalue weighted by Crippen LogP contribution is 2.23. The molecule has 1 heterocycles. The molecule has 2 aliphatic rings. The molecule has 1 atom stereocenters. The number of amides is 3. The second kappa shape index (κ2) is 10.8. The van der Waals surface area contributed by atoms with Crippen molar-refractivity contribution in [3.63, 3.8) is 0 Å². The molecule has 6 nitrogen and oxygen atoms in total. The first-order valence-corrected chi connectivity index (χ1v) is 12.2. The van der Waals surface area contributed by atoms with E-state index < -0.39 is 0 Å². The Morgan fingerprint density at radius 1 is 0.912 bits per heavy atom. The van der Waals surface area contributed by atoms with Gasteiger partial charge < -0.3 is 15.5 Å². The Hall–Kier alpha value is -3.22. The topological polar surface area (TPSA) is 78.5 Å². The van der Waals surface area contributed by atoms with Crippen LogP contribution in [0.3, 0.4) is 0 Å². The first kappa shape index (κ1) is 23.9. The number of rotatable bonds is 5. The number of hydrogen-bond acceptors (Lipinski definition) is 3. The summed E-state index contributed by atoms with van der Waals surface area (Å²) in [5.41, 5.74) is 2.50. The number of piperidine rings is 1. The van der Waals surface area contributed by atoms with Gasteiger partial charge in [0.15, 0.2) is 0 Å². The molecule has 2 fully saturated rings. The van der Waals surface area contributed by atoms with Crippen LogP contribution in [-0.2, 0) is 4.79 Å².